The summed E-state index contributed by atoms with van der Waals surface area (Å²) in [5.41, 5.74) is 3.19. The van der Waals surface area contributed by atoms with Crippen LogP contribution in [-0.4, -0.2) is 18.5 Å². The number of nitrogens with one attached hydrogen (secondary N) is 2. The van der Waals surface area contributed by atoms with Gasteiger partial charge < -0.3 is 10.6 Å². The van der Waals surface area contributed by atoms with E-state index in [1.54, 1.807) is 0 Å². The molecule has 0 fully saturated rings. The van der Waals surface area contributed by atoms with Crippen LogP contribution in [0.4, 0.5) is 5.69 Å². The Morgan fingerprint density at radius 2 is 2.22 bits per heavy atom. The van der Waals surface area contributed by atoms with E-state index in [1.165, 1.54) is 11.3 Å². The number of carbonyl (C=O) groups is 1. The van der Waals surface area contributed by atoms with Gasteiger partial charge in [-0.25, -0.2) is 0 Å². The van der Waals surface area contributed by atoms with Crippen molar-refractivity contribution in [3.05, 3.63) is 29.3 Å². The minimum absolute atomic E-state index is 0.0394. The van der Waals surface area contributed by atoms with E-state index < -0.39 is 0 Å². The molecule has 2 rings (SSSR count). The van der Waals surface area contributed by atoms with Gasteiger partial charge in [-0.2, -0.15) is 0 Å². The van der Waals surface area contributed by atoms with Crippen LogP contribution in [0.25, 0.3) is 0 Å². The molecule has 2 unspecified atom stereocenters. The maximum absolute atomic E-state index is 12.1. The Morgan fingerprint density at radius 1 is 1.44 bits per heavy atom. The maximum atomic E-state index is 12.1. The molecule has 1 aliphatic heterocycles. The molecule has 0 saturated heterocycles. The van der Waals surface area contributed by atoms with Crippen LogP contribution in [0.3, 0.4) is 0 Å². The van der Waals surface area contributed by atoms with Gasteiger partial charge in [0.25, 0.3) is 5.91 Å². The Hall–Kier alpha value is -1.51. The van der Waals surface area contributed by atoms with Gasteiger partial charge in [0.1, 0.15) is 0 Å². The lowest BCUT2D eigenvalue weighted by atomic mass is 10.0. The molecule has 2 N–H and O–H groups in total. The highest BCUT2D eigenvalue weighted by Gasteiger charge is 2.16. The molecule has 1 heterocycles. The molecule has 0 saturated carbocycles. The molecule has 3 nitrogen and oxygen atoms in total. The number of fused-ring (bicyclic) bond motifs is 1. The van der Waals surface area contributed by atoms with Crippen LogP contribution in [0.2, 0.25) is 0 Å². The van der Waals surface area contributed by atoms with Gasteiger partial charge in [-0.15, -0.1) is 0 Å². The van der Waals surface area contributed by atoms with E-state index in [2.05, 4.69) is 31.4 Å². The third-order valence-electron chi connectivity index (χ3n) is 3.93. The van der Waals surface area contributed by atoms with E-state index >= 15 is 0 Å². The highest BCUT2D eigenvalue weighted by Crippen LogP contribution is 2.23. The molecule has 3 heteroatoms. The average Bonchev–Trinajstić information content (AvgIpc) is 2.84. The van der Waals surface area contributed by atoms with Gasteiger partial charge in [-0.05, 0) is 43.0 Å². The van der Waals surface area contributed by atoms with E-state index in [1.807, 2.05) is 18.2 Å². The van der Waals surface area contributed by atoms with Gasteiger partial charge >= 0.3 is 0 Å². The van der Waals surface area contributed by atoms with Gasteiger partial charge in [0, 0.05) is 23.8 Å². The fourth-order valence-electron chi connectivity index (χ4n) is 2.23. The van der Waals surface area contributed by atoms with Crippen LogP contribution >= 0.6 is 0 Å². The average molecular weight is 246 g/mol. The third kappa shape index (κ3) is 2.66. The summed E-state index contributed by atoms with van der Waals surface area (Å²) in [6.45, 7) is 7.36. The van der Waals surface area contributed by atoms with E-state index in [9.17, 15) is 4.79 Å². The molecule has 98 valence electrons. The Labute approximate surface area is 109 Å². The summed E-state index contributed by atoms with van der Waals surface area (Å²) in [5, 5.41) is 6.38. The fourth-order valence-corrected chi connectivity index (χ4v) is 2.23. The molecule has 0 aliphatic carbocycles. The number of rotatable bonds is 4. The van der Waals surface area contributed by atoms with Crippen LogP contribution < -0.4 is 10.6 Å². The van der Waals surface area contributed by atoms with Crippen molar-refractivity contribution in [1.82, 2.24) is 5.32 Å². The van der Waals surface area contributed by atoms with E-state index in [-0.39, 0.29) is 11.9 Å². The summed E-state index contributed by atoms with van der Waals surface area (Å²) in [6, 6.07) is 6.13. The van der Waals surface area contributed by atoms with E-state index in [0.717, 1.165) is 24.9 Å². The van der Waals surface area contributed by atoms with Crippen molar-refractivity contribution in [3.63, 3.8) is 0 Å². The van der Waals surface area contributed by atoms with Crippen molar-refractivity contribution in [1.29, 1.82) is 0 Å². The summed E-state index contributed by atoms with van der Waals surface area (Å²) in [6.07, 6.45) is 2.09. The lowest BCUT2D eigenvalue weighted by Gasteiger charge is -2.20. The molecule has 1 aliphatic rings. The molecule has 1 amide bonds. The minimum Gasteiger partial charge on any atom is -0.384 e. The SMILES string of the molecule is CCC(C)C(C)NC(=O)c1ccc2c(c1)CCN2. The second kappa shape index (κ2) is 5.42. The first kappa shape index (κ1) is 12.9. The smallest absolute Gasteiger partial charge is 0.251 e. The number of carbonyl (C=O) groups excluding carboxylic acids is 1. The molecule has 1 aromatic rings. The first-order valence-electron chi connectivity index (χ1n) is 6.79. The highest BCUT2D eigenvalue weighted by molar-refractivity contribution is 5.95. The lowest BCUT2D eigenvalue weighted by molar-refractivity contribution is 0.0928. The number of hydrogen-bond donors (Lipinski definition) is 2. The van der Waals surface area contributed by atoms with Crippen LogP contribution in [0.1, 0.15) is 43.1 Å². The van der Waals surface area contributed by atoms with Crippen LogP contribution in [0.5, 0.6) is 0 Å². The first-order valence-corrected chi connectivity index (χ1v) is 6.79. The zero-order chi connectivity index (χ0) is 13.1. The summed E-state index contributed by atoms with van der Waals surface area (Å²) >= 11 is 0. The predicted molar refractivity (Wildman–Crippen MR) is 75.0 cm³/mol. The van der Waals surface area contributed by atoms with Gasteiger partial charge in [-0.3, -0.25) is 4.79 Å². The Balaban J connectivity index is 2.05. The lowest BCUT2D eigenvalue weighted by Crippen LogP contribution is -2.36. The van der Waals surface area contributed by atoms with Gasteiger partial charge in [0.15, 0.2) is 0 Å². The van der Waals surface area contributed by atoms with Crippen LogP contribution in [-0.2, 0) is 6.42 Å². The van der Waals surface area contributed by atoms with Crippen LogP contribution in [0.15, 0.2) is 18.2 Å². The van der Waals surface area contributed by atoms with Crippen LogP contribution in [0, 0.1) is 5.92 Å². The molecular formula is C15H22N2O. The van der Waals surface area contributed by atoms with Gasteiger partial charge in [0.2, 0.25) is 0 Å². The fraction of sp³-hybridized carbons (Fsp3) is 0.533. The Kier molecular flexibility index (Phi) is 3.90. The summed E-state index contributed by atoms with van der Waals surface area (Å²) in [5.74, 6) is 0.544. The molecule has 18 heavy (non-hydrogen) atoms. The first-order chi connectivity index (χ1) is 8.61. The number of amides is 1. The molecule has 1 aromatic carbocycles. The second-order valence-corrected chi connectivity index (χ2v) is 5.20. The molecule has 0 spiro atoms. The number of anilines is 1. The summed E-state index contributed by atoms with van der Waals surface area (Å²) in [4.78, 5) is 12.1. The zero-order valence-corrected chi connectivity index (χ0v) is 11.4. The standard InChI is InChI=1S/C15H22N2O/c1-4-10(2)11(3)17-15(18)13-5-6-14-12(9-13)7-8-16-14/h5-6,9-11,16H,4,7-8H2,1-3H3,(H,17,18). The molecule has 2 atom stereocenters. The minimum atomic E-state index is 0.0394. The number of benzene rings is 1. The normalized spacial score (nSPS) is 16.6. The topological polar surface area (TPSA) is 41.1 Å². The van der Waals surface area contributed by atoms with Gasteiger partial charge in [0.05, 0.1) is 0 Å². The third-order valence-corrected chi connectivity index (χ3v) is 3.93. The monoisotopic (exact) mass is 246 g/mol. The van der Waals surface area contributed by atoms with Gasteiger partial charge in [-0.1, -0.05) is 20.3 Å². The second-order valence-electron chi connectivity index (χ2n) is 5.20. The van der Waals surface area contributed by atoms with Crippen molar-refractivity contribution in [2.45, 2.75) is 39.7 Å². The zero-order valence-electron chi connectivity index (χ0n) is 11.4. The largest absolute Gasteiger partial charge is 0.384 e. The molecular weight excluding hydrogens is 224 g/mol. The van der Waals surface area contributed by atoms with Crippen molar-refractivity contribution in [2.75, 3.05) is 11.9 Å². The summed E-state index contributed by atoms with van der Waals surface area (Å²) in [7, 11) is 0. The van der Waals surface area contributed by atoms with Crippen molar-refractivity contribution >= 4 is 11.6 Å². The van der Waals surface area contributed by atoms with Crippen molar-refractivity contribution < 1.29 is 4.79 Å². The molecule has 0 aromatic heterocycles. The molecule has 0 bridgehead atoms. The van der Waals surface area contributed by atoms with E-state index in [4.69, 9.17) is 0 Å². The number of hydrogen-bond acceptors (Lipinski definition) is 2. The Morgan fingerprint density at radius 3 is 2.94 bits per heavy atom. The van der Waals surface area contributed by atoms with Crippen molar-refractivity contribution in [3.8, 4) is 0 Å². The summed E-state index contributed by atoms with van der Waals surface area (Å²) < 4.78 is 0. The highest BCUT2D eigenvalue weighted by atomic mass is 16.1. The Bertz CT molecular complexity index is 442. The predicted octanol–water partition coefficient (Wildman–Crippen LogP) is 2.82. The van der Waals surface area contributed by atoms with E-state index in [0.29, 0.717) is 5.92 Å². The molecule has 0 radical (unpaired) electrons. The quantitative estimate of drug-likeness (QED) is 0.857. The van der Waals surface area contributed by atoms with Crippen molar-refractivity contribution in [2.24, 2.45) is 5.92 Å². The maximum Gasteiger partial charge on any atom is 0.251 e.